The second-order valence-electron chi connectivity index (χ2n) is 10.4. The minimum absolute atomic E-state index is 0.103. The van der Waals surface area contributed by atoms with Crippen LogP contribution in [-0.2, 0) is 28.5 Å². The van der Waals surface area contributed by atoms with Crippen molar-refractivity contribution in [2.45, 2.75) is 155 Å². The number of carbonyl (C=O) groups excluding carboxylic acids is 2. The van der Waals surface area contributed by atoms with Crippen molar-refractivity contribution in [3.63, 3.8) is 0 Å². The summed E-state index contributed by atoms with van der Waals surface area (Å²) in [5.74, 6) is -0.278. The minimum atomic E-state index is -0.139. The van der Waals surface area contributed by atoms with Crippen molar-refractivity contribution in [2.75, 3.05) is 33.0 Å². The van der Waals surface area contributed by atoms with Crippen LogP contribution < -0.4 is 0 Å². The van der Waals surface area contributed by atoms with Crippen LogP contribution in [0.2, 0.25) is 0 Å². The van der Waals surface area contributed by atoms with Crippen LogP contribution in [0, 0.1) is 0 Å². The van der Waals surface area contributed by atoms with Gasteiger partial charge in [0.2, 0.25) is 0 Å². The smallest absolute Gasteiger partial charge is 0.305 e. The van der Waals surface area contributed by atoms with Crippen LogP contribution in [0.15, 0.2) is 0 Å². The summed E-state index contributed by atoms with van der Waals surface area (Å²) in [5.41, 5.74) is 0. The van der Waals surface area contributed by atoms with E-state index in [2.05, 4.69) is 13.8 Å². The first-order chi connectivity index (χ1) is 18.1. The largest absolute Gasteiger partial charge is 0.463 e. The molecule has 37 heavy (non-hydrogen) atoms. The average molecular weight is 529 g/mol. The van der Waals surface area contributed by atoms with Crippen LogP contribution in [0.5, 0.6) is 0 Å². The molecule has 1 atom stereocenters. The van der Waals surface area contributed by atoms with Crippen LogP contribution in [0.3, 0.4) is 0 Å². The van der Waals surface area contributed by atoms with Crippen molar-refractivity contribution in [3.05, 3.63) is 0 Å². The van der Waals surface area contributed by atoms with Crippen molar-refractivity contribution in [2.24, 2.45) is 0 Å². The Morgan fingerprint density at radius 3 is 1.32 bits per heavy atom. The van der Waals surface area contributed by atoms with Crippen LogP contribution in [0.1, 0.15) is 149 Å². The van der Waals surface area contributed by atoms with Gasteiger partial charge in [0.25, 0.3) is 0 Å². The number of unbranched alkanes of at least 4 members (excludes halogenated alkanes) is 16. The number of rotatable bonds is 29. The molecule has 0 aromatic rings. The molecule has 1 unspecified atom stereocenters. The van der Waals surface area contributed by atoms with E-state index < -0.39 is 0 Å². The third-order valence-corrected chi connectivity index (χ3v) is 6.56. The summed E-state index contributed by atoms with van der Waals surface area (Å²) < 4.78 is 21.6. The molecule has 0 aromatic carbocycles. The Hall–Kier alpha value is -1.14. The van der Waals surface area contributed by atoms with E-state index in [0.717, 1.165) is 25.7 Å². The lowest BCUT2D eigenvalue weighted by atomic mass is 10.1. The molecule has 0 heterocycles. The number of esters is 2. The third-order valence-electron chi connectivity index (χ3n) is 6.56. The van der Waals surface area contributed by atoms with Crippen LogP contribution >= 0.6 is 0 Å². The molecule has 0 saturated carbocycles. The van der Waals surface area contributed by atoms with Gasteiger partial charge in [0.05, 0.1) is 25.9 Å². The molecule has 0 aliphatic rings. The minimum Gasteiger partial charge on any atom is -0.463 e. The summed E-state index contributed by atoms with van der Waals surface area (Å²) in [7, 11) is 0. The first-order valence-corrected chi connectivity index (χ1v) is 15.6. The number of ether oxygens (including phenoxy) is 4. The summed E-state index contributed by atoms with van der Waals surface area (Å²) in [6.07, 6.45) is 23.1. The Labute approximate surface area is 228 Å². The molecule has 0 N–H and O–H groups in total. The van der Waals surface area contributed by atoms with E-state index in [1.807, 2.05) is 6.92 Å². The van der Waals surface area contributed by atoms with Crippen LogP contribution in [0.25, 0.3) is 0 Å². The lowest BCUT2D eigenvalue weighted by Gasteiger charge is -2.14. The monoisotopic (exact) mass is 528 g/mol. The highest BCUT2D eigenvalue weighted by Gasteiger charge is 2.07. The van der Waals surface area contributed by atoms with Crippen molar-refractivity contribution >= 4 is 11.9 Å². The van der Waals surface area contributed by atoms with Gasteiger partial charge in [-0.15, -0.1) is 0 Å². The van der Waals surface area contributed by atoms with Gasteiger partial charge in [-0.05, 0) is 19.8 Å². The van der Waals surface area contributed by atoms with E-state index in [1.54, 1.807) is 0 Å². The fourth-order valence-corrected chi connectivity index (χ4v) is 4.22. The Balaban J connectivity index is 3.37. The fraction of sp³-hybridized carbons (Fsp3) is 0.935. The zero-order chi connectivity index (χ0) is 27.2. The van der Waals surface area contributed by atoms with E-state index in [-0.39, 0.29) is 31.3 Å². The second kappa shape index (κ2) is 29.4. The maximum atomic E-state index is 11.8. The first kappa shape index (κ1) is 35.9. The van der Waals surface area contributed by atoms with E-state index >= 15 is 0 Å². The molecular weight excluding hydrogens is 468 g/mol. The van der Waals surface area contributed by atoms with Crippen LogP contribution in [0.4, 0.5) is 0 Å². The molecule has 0 aliphatic carbocycles. The molecule has 6 nitrogen and oxygen atoms in total. The summed E-state index contributed by atoms with van der Waals surface area (Å²) in [6, 6.07) is 0. The van der Waals surface area contributed by atoms with Crippen molar-refractivity contribution in [3.8, 4) is 0 Å². The normalized spacial score (nSPS) is 12.0. The lowest BCUT2D eigenvalue weighted by Crippen LogP contribution is -2.21. The lowest BCUT2D eigenvalue weighted by molar-refractivity contribution is -0.148. The number of hydrogen-bond donors (Lipinski definition) is 0. The third kappa shape index (κ3) is 29.3. The van der Waals surface area contributed by atoms with E-state index in [4.69, 9.17) is 18.9 Å². The van der Waals surface area contributed by atoms with E-state index in [1.165, 1.54) is 89.9 Å². The predicted molar refractivity (Wildman–Crippen MR) is 152 cm³/mol. The van der Waals surface area contributed by atoms with E-state index in [0.29, 0.717) is 32.7 Å². The molecular formula is C31H60O6. The van der Waals surface area contributed by atoms with Crippen molar-refractivity contribution in [1.29, 1.82) is 0 Å². The molecule has 220 valence electrons. The Morgan fingerprint density at radius 1 is 0.514 bits per heavy atom. The SMILES string of the molecule is CCCCCCCCCCCC(=O)OCCOCC(C)OCCOC(=O)CCCCCCCCCCC. The molecule has 0 rings (SSSR count). The summed E-state index contributed by atoms with van der Waals surface area (Å²) in [6.45, 7) is 8.09. The molecule has 0 amide bonds. The topological polar surface area (TPSA) is 71.1 Å². The van der Waals surface area contributed by atoms with Crippen molar-refractivity contribution < 1.29 is 28.5 Å². The van der Waals surface area contributed by atoms with Gasteiger partial charge in [0.1, 0.15) is 13.2 Å². The zero-order valence-corrected chi connectivity index (χ0v) is 24.7. The maximum absolute atomic E-state index is 11.8. The Bertz CT molecular complexity index is 496. The van der Waals surface area contributed by atoms with Gasteiger partial charge in [-0.3, -0.25) is 9.59 Å². The highest BCUT2D eigenvalue weighted by Crippen LogP contribution is 2.12. The van der Waals surface area contributed by atoms with Gasteiger partial charge < -0.3 is 18.9 Å². The van der Waals surface area contributed by atoms with Gasteiger partial charge in [-0.25, -0.2) is 0 Å². The summed E-state index contributed by atoms with van der Waals surface area (Å²) >= 11 is 0. The fourth-order valence-electron chi connectivity index (χ4n) is 4.22. The quantitative estimate of drug-likeness (QED) is 0.0718. The molecule has 0 aromatic heterocycles. The molecule has 0 radical (unpaired) electrons. The Morgan fingerprint density at radius 2 is 0.892 bits per heavy atom. The number of hydrogen-bond acceptors (Lipinski definition) is 6. The van der Waals surface area contributed by atoms with Crippen molar-refractivity contribution in [1.82, 2.24) is 0 Å². The first-order valence-electron chi connectivity index (χ1n) is 15.6. The van der Waals surface area contributed by atoms with Gasteiger partial charge in [0.15, 0.2) is 0 Å². The van der Waals surface area contributed by atoms with Gasteiger partial charge in [0, 0.05) is 12.8 Å². The number of carbonyl (C=O) groups is 2. The molecule has 0 aliphatic heterocycles. The molecule has 0 bridgehead atoms. The molecule has 0 spiro atoms. The summed E-state index contributed by atoms with van der Waals surface area (Å²) in [5, 5.41) is 0. The highest BCUT2D eigenvalue weighted by atomic mass is 16.6. The maximum Gasteiger partial charge on any atom is 0.305 e. The second-order valence-corrected chi connectivity index (χ2v) is 10.4. The average Bonchev–Trinajstić information content (AvgIpc) is 2.89. The highest BCUT2D eigenvalue weighted by molar-refractivity contribution is 5.69. The Kier molecular flexibility index (Phi) is 28.5. The zero-order valence-electron chi connectivity index (χ0n) is 24.7. The molecule has 6 heteroatoms. The van der Waals surface area contributed by atoms with E-state index in [9.17, 15) is 9.59 Å². The molecule has 0 fully saturated rings. The van der Waals surface area contributed by atoms with Gasteiger partial charge >= 0.3 is 11.9 Å². The molecule has 0 saturated heterocycles. The summed E-state index contributed by atoms with van der Waals surface area (Å²) in [4.78, 5) is 23.6. The predicted octanol–water partition coefficient (Wildman–Crippen LogP) is 8.34. The van der Waals surface area contributed by atoms with Gasteiger partial charge in [-0.2, -0.15) is 0 Å². The van der Waals surface area contributed by atoms with Crippen LogP contribution in [-0.4, -0.2) is 51.1 Å². The standard InChI is InChI=1S/C31H60O6/c1-4-6-8-10-12-14-16-18-20-22-30(32)36-25-24-34-28-29(3)35-26-27-37-31(33)23-21-19-17-15-13-11-9-7-5-2/h29H,4-28H2,1-3H3. The van der Waals surface area contributed by atoms with Gasteiger partial charge in [-0.1, -0.05) is 117 Å².